The molecule has 0 amide bonds. The first-order chi connectivity index (χ1) is 14.6. The maximum absolute atomic E-state index is 13.8. The van der Waals surface area contributed by atoms with Gasteiger partial charge in [-0.25, -0.2) is 12.4 Å². The van der Waals surface area contributed by atoms with E-state index in [0.29, 0.717) is 32.6 Å². The van der Waals surface area contributed by atoms with E-state index in [4.69, 9.17) is 21.8 Å². The van der Waals surface area contributed by atoms with Crippen molar-refractivity contribution in [1.82, 2.24) is 8.96 Å². The van der Waals surface area contributed by atoms with Gasteiger partial charge in [-0.15, -0.1) is 6.58 Å². The van der Waals surface area contributed by atoms with Crippen LogP contribution in [0.3, 0.4) is 0 Å². The second kappa shape index (κ2) is 7.44. The number of nitrogens with zero attached hydrogens (tertiary/aromatic N) is 2. The van der Waals surface area contributed by atoms with Crippen LogP contribution in [0.15, 0.2) is 59.5 Å². The second-order valence-electron chi connectivity index (χ2n) is 7.08. The molecule has 2 aromatic carbocycles. The average molecular weight is 460 g/mol. The van der Waals surface area contributed by atoms with E-state index in [9.17, 15) is 18.3 Å². The molecule has 0 aliphatic carbocycles. The fraction of sp³-hybridized carbons (Fsp3) is 0.143. The zero-order chi connectivity index (χ0) is 22.5. The summed E-state index contributed by atoms with van der Waals surface area (Å²) in [5.74, 6) is -2.23. The van der Waals surface area contributed by atoms with Crippen LogP contribution in [0.1, 0.15) is 29.3 Å². The molecular formula is C21H18ClN3O5S. The number of hydrogen-bond donors (Lipinski definition) is 2. The number of carboxylic acid groups (broad SMARTS) is 1. The minimum atomic E-state index is -4.17. The Balaban J connectivity index is 1.96. The number of oxazole rings is 1. The fourth-order valence-electron chi connectivity index (χ4n) is 3.57. The summed E-state index contributed by atoms with van der Waals surface area (Å²) in [6, 6.07) is 10.9. The zero-order valence-corrected chi connectivity index (χ0v) is 17.9. The van der Waals surface area contributed by atoms with Crippen LogP contribution in [0.25, 0.3) is 22.0 Å². The molecule has 160 valence electrons. The third-order valence-electron chi connectivity index (χ3n) is 5.11. The summed E-state index contributed by atoms with van der Waals surface area (Å²) in [4.78, 5) is 15.7. The largest absolute Gasteiger partial charge is 0.481 e. The topological polar surface area (TPSA) is 128 Å². The molecular weight excluding hydrogens is 442 g/mol. The number of carbonyl (C=O) groups is 1. The Morgan fingerprint density at radius 3 is 2.71 bits per heavy atom. The number of anilines is 1. The van der Waals surface area contributed by atoms with E-state index in [2.05, 4.69) is 11.6 Å². The first-order valence-electron chi connectivity index (χ1n) is 9.20. The lowest BCUT2D eigenvalue weighted by Crippen LogP contribution is -2.24. The van der Waals surface area contributed by atoms with Gasteiger partial charge < -0.3 is 15.3 Å². The predicted molar refractivity (Wildman–Crippen MR) is 119 cm³/mol. The molecule has 4 aromatic rings. The summed E-state index contributed by atoms with van der Waals surface area (Å²) in [6.45, 7) is 5.13. The lowest BCUT2D eigenvalue weighted by molar-refractivity contribution is -0.138. The minimum Gasteiger partial charge on any atom is -0.481 e. The minimum absolute atomic E-state index is 0.0315. The average Bonchev–Trinajstić information content (AvgIpc) is 3.26. The smallest absolute Gasteiger partial charge is 0.312 e. The van der Waals surface area contributed by atoms with Crippen LogP contribution in [0.5, 0.6) is 0 Å². The van der Waals surface area contributed by atoms with Crippen molar-refractivity contribution in [2.24, 2.45) is 0 Å². The van der Waals surface area contributed by atoms with Crippen molar-refractivity contribution >= 4 is 55.6 Å². The number of carboxylic acids is 1. The summed E-state index contributed by atoms with van der Waals surface area (Å²) in [5.41, 5.74) is 7.22. The fourth-order valence-corrected chi connectivity index (χ4v) is 5.66. The van der Waals surface area contributed by atoms with Crippen LogP contribution in [0.2, 0.25) is 5.02 Å². The van der Waals surface area contributed by atoms with Crippen molar-refractivity contribution in [2.45, 2.75) is 18.1 Å². The van der Waals surface area contributed by atoms with E-state index in [1.807, 2.05) is 0 Å². The molecule has 2 aromatic heterocycles. The Bertz CT molecular complexity index is 1450. The highest BCUT2D eigenvalue weighted by Crippen LogP contribution is 2.35. The van der Waals surface area contributed by atoms with E-state index in [-0.39, 0.29) is 11.7 Å². The molecule has 0 aliphatic heterocycles. The molecule has 0 fully saturated rings. The molecule has 2 heterocycles. The van der Waals surface area contributed by atoms with E-state index in [0.717, 1.165) is 3.97 Å². The predicted octanol–water partition coefficient (Wildman–Crippen LogP) is 4.31. The lowest BCUT2D eigenvalue weighted by Gasteiger charge is -2.20. The highest BCUT2D eigenvalue weighted by molar-refractivity contribution is 7.90. The van der Waals surface area contributed by atoms with Gasteiger partial charge in [0.2, 0.25) is 10.0 Å². The van der Waals surface area contributed by atoms with E-state index < -0.39 is 27.2 Å². The van der Waals surface area contributed by atoms with Crippen LogP contribution in [0.4, 0.5) is 6.01 Å². The van der Waals surface area contributed by atoms with Gasteiger partial charge in [0, 0.05) is 16.1 Å². The summed E-state index contributed by atoms with van der Waals surface area (Å²) >= 11 is 6.06. The number of aromatic nitrogens is 2. The second-order valence-corrected chi connectivity index (χ2v) is 9.42. The summed E-state index contributed by atoms with van der Waals surface area (Å²) in [6.07, 6.45) is 1.28. The highest BCUT2D eigenvalue weighted by Gasteiger charge is 2.33. The number of nitrogens with two attached hydrogens (primary N) is 1. The number of benzene rings is 2. The van der Waals surface area contributed by atoms with Gasteiger partial charge in [-0.2, -0.15) is 4.98 Å². The number of aliphatic carboxylic acids is 1. The van der Waals surface area contributed by atoms with Crippen LogP contribution in [0, 0.1) is 0 Å². The summed E-state index contributed by atoms with van der Waals surface area (Å²) < 4.78 is 34.0. The van der Waals surface area contributed by atoms with Gasteiger partial charge in [0.15, 0.2) is 5.58 Å². The number of fused-ring (bicyclic) bond motifs is 2. The van der Waals surface area contributed by atoms with Crippen LogP contribution < -0.4 is 5.73 Å². The molecule has 0 saturated heterocycles. The van der Waals surface area contributed by atoms with Gasteiger partial charge in [-0.3, -0.25) is 4.79 Å². The third kappa shape index (κ3) is 3.45. The first-order valence-corrected chi connectivity index (χ1v) is 11.1. The van der Waals surface area contributed by atoms with Crippen molar-refractivity contribution < 1.29 is 22.7 Å². The lowest BCUT2D eigenvalue weighted by atomic mass is 10.1. The normalized spacial score (nSPS) is 14.0. The molecule has 3 N–H and O–H groups in total. The maximum atomic E-state index is 13.8. The maximum Gasteiger partial charge on any atom is 0.312 e. The summed E-state index contributed by atoms with van der Waals surface area (Å²) in [5, 5.41) is 9.29. The highest BCUT2D eigenvalue weighted by atomic mass is 35.5. The van der Waals surface area contributed by atoms with Crippen molar-refractivity contribution in [1.29, 1.82) is 0 Å². The van der Waals surface area contributed by atoms with E-state index >= 15 is 0 Å². The Morgan fingerprint density at radius 1 is 1.29 bits per heavy atom. The number of rotatable bonds is 6. The molecule has 31 heavy (non-hydrogen) atoms. The molecule has 0 spiro atoms. The number of halogens is 1. The van der Waals surface area contributed by atoms with E-state index in [1.165, 1.54) is 25.1 Å². The Kier molecular flexibility index (Phi) is 5.03. The van der Waals surface area contributed by atoms with Gasteiger partial charge in [-0.1, -0.05) is 23.7 Å². The summed E-state index contributed by atoms with van der Waals surface area (Å²) in [7, 11) is -4.17. The van der Waals surface area contributed by atoms with Crippen LogP contribution in [-0.4, -0.2) is 28.5 Å². The van der Waals surface area contributed by atoms with Crippen molar-refractivity contribution in [2.75, 3.05) is 5.73 Å². The molecule has 0 radical (unpaired) electrons. The molecule has 2 atom stereocenters. The van der Waals surface area contributed by atoms with E-state index in [1.54, 1.807) is 30.3 Å². The van der Waals surface area contributed by atoms with Crippen LogP contribution in [-0.2, 0) is 14.8 Å². The Labute approximate surface area is 182 Å². The number of nitrogen functional groups attached to an aromatic ring is 1. The van der Waals surface area contributed by atoms with Gasteiger partial charge >= 0.3 is 5.97 Å². The SMILES string of the molecule is C=CC(c1ccc2nc(N)oc2c1)S(=O)(=O)n1c(C(C)C(=O)O)cc2cc(Cl)ccc21. The van der Waals surface area contributed by atoms with Gasteiger partial charge in [-0.05, 0) is 48.9 Å². The monoisotopic (exact) mass is 459 g/mol. The Hall–Kier alpha value is -3.30. The van der Waals surface area contributed by atoms with Gasteiger partial charge in [0.1, 0.15) is 10.8 Å². The Morgan fingerprint density at radius 2 is 2.03 bits per heavy atom. The van der Waals surface area contributed by atoms with Crippen molar-refractivity contribution in [3.05, 3.63) is 71.4 Å². The third-order valence-corrected chi connectivity index (χ3v) is 7.37. The van der Waals surface area contributed by atoms with Crippen molar-refractivity contribution in [3.8, 4) is 0 Å². The van der Waals surface area contributed by atoms with Crippen molar-refractivity contribution in [3.63, 3.8) is 0 Å². The molecule has 0 aliphatic rings. The molecule has 0 bridgehead atoms. The standard InChI is InChI=1S/C21H18ClN3O5S/c1-3-19(12-4-6-15-18(10-12)30-21(23)24-15)31(28,29)25-16-7-5-14(22)8-13(16)9-17(25)11(2)20(26)27/h3-11,19H,1H2,2H3,(H2,23,24)(H,26,27). The van der Waals surface area contributed by atoms with Gasteiger partial charge in [0.05, 0.1) is 11.4 Å². The zero-order valence-electron chi connectivity index (χ0n) is 16.3. The molecule has 8 nitrogen and oxygen atoms in total. The molecule has 4 rings (SSSR count). The molecule has 2 unspecified atom stereocenters. The quantitative estimate of drug-likeness (QED) is 0.411. The van der Waals surface area contributed by atoms with Crippen LogP contribution >= 0.6 is 11.6 Å². The molecule has 0 saturated carbocycles. The van der Waals surface area contributed by atoms with Gasteiger partial charge in [0.25, 0.3) is 6.01 Å². The molecule has 10 heteroatoms. The number of hydrogen-bond acceptors (Lipinski definition) is 6. The first kappa shape index (κ1) is 21.0.